The van der Waals surface area contributed by atoms with Crippen molar-refractivity contribution in [1.29, 1.82) is 0 Å². The summed E-state index contributed by atoms with van der Waals surface area (Å²) in [6.07, 6.45) is 2.34. The van der Waals surface area contributed by atoms with Crippen LogP contribution in [0.4, 0.5) is 5.82 Å². The molecular formula is C26H28N5O2S+. The number of anilines is 1. The Kier molecular flexibility index (Phi) is 5.86. The molecule has 0 spiro atoms. The maximum atomic E-state index is 10.4. The van der Waals surface area contributed by atoms with Crippen LogP contribution in [0.3, 0.4) is 0 Å². The van der Waals surface area contributed by atoms with Gasteiger partial charge in [-0.2, -0.15) is 4.55 Å². The topological polar surface area (TPSA) is 77.5 Å². The predicted octanol–water partition coefficient (Wildman–Crippen LogP) is 4.49. The summed E-state index contributed by atoms with van der Waals surface area (Å²) in [5.74, 6) is 2.57. The lowest BCUT2D eigenvalue weighted by Crippen LogP contribution is -2.49. The molecule has 3 heterocycles. The highest BCUT2D eigenvalue weighted by Crippen LogP contribution is 2.32. The van der Waals surface area contributed by atoms with Gasteiger partial charge in [0.05, 0.1) is 18.6 Å². The van der Waals surface area contributed by atoms with Crippen molar-refractivity contribution in [2.45, 2.75) is 24.7 Å². The van der Waals surface area contributed by atoms with Gasteiger partial charge in [-0.05, 0) is 42.0 Å². The first-order valence-corrected chi connectivity index (χ1v) is 13.0. The summed E-state index contributed by atoms with van der Waals surface area (Å²) < 4.78 is 18.5. The number of ether oxygens (including phenoxy) is 1. The fraction of sp³-hybridized carbons (Fsp3) is 0.308. The molecule has 1 aliphatic carbocycles. The maximum Gasteiger partial charge on any atom is 0.240 e. The van der Waals surface area contributed by atoms with E-state index in [1.165, 1.54) is 12.8 Å². The van der Waals surface area contributed by atoms with Crippen LogP contribution >= 0.6 is 0 Å². The van der Waals surface area contributed by atoms with Gasteiger partial charge in [-0.1, -0.05) is 34.6 Å². The van der Waals surface area contributed by atoms with Crippen LogP contribution in [-0.4, -0.2) is 55.2 Å². The van der Waals surface area contributed by atoms with Crippen LogP contribution in [0.15, 0.2) is 66.7 Å². The molecule has 2 aliphatic rings. The Bertz CT molecular complexity index is 1250. The number of nitrogens with zero attached hydrogens (tertiary/aromatic N) is 4. The number of H-pyrrole nitrogens is 1. The van der Waals surface area contributed by atoms with E-state index in [1.54, 1.807) is 0 Å². The Morgan fingerprint density at radius 2 is 1.68 bits per heavy atom. The molecule has 1 saturated heterocycles. The molecule has 0 bridgehead atoms. The molecule has 2 aromatic heterocycles. The third-order valence-corrected chi connectivity index (χ3v) is 8.32. The lowest BCUT2D eigenvalue weighted by molar-refractivity contribution is 0.306. The van der Waals surface area contributed by atoms with Crippen molar-refractivity contribution < 1.29 is 9.29 Å². The van der Waals surface area contributed by atoms with Crippen molar-refractivity contribution in [3.05, 3.63) is 72.3 Å². The molecule has 1 unspecified atom stereocenters. The Hall–Kier alpha value is -3.07. The van der Waals surface area contributed by atoms with Gasteiger partial charge in [-0.15, -0.1) is 0 Å². The molecular weight excluding hydrogens is 446 g/mol. The highest BCUT2D eigenvalue weighted by atomic mass is 32.2. The average molecular weight is 475 g/mol. The van der Waals surface area contributed by atoms with E-state index < -0.39 is 11.4 Å². The Balaban J connectivity index is 1.12. The van der Waals surface area contributed by atoms with Gasteiger partial charge in [-0.25, -0.2) is 9.97 Å². The summed E-state index contributed by atoms with van der Waals surface area (Å²) in [5, 5.41) is 0.507. The third kappa shape index (κ3) is 4.61. The highest BCUT2D eigenvalue weighted by molar-refractivity contribution is 7.90. The zero-order chi connectivity index (χ0) is 22.9. The molecule has 1 saturated carbocycles. The summed E-state index contributed by atoms with van der Waals surface area (Å²) in [6, 6.07) is 22.2. The van der Waals surface area contributed by atoms with Crippen LogP contribution in [0, 0.1) is 0 Å². The van der Waals surface area contributed by atoms with Gasteiger partial charge in [0.15, 0.2) is 10.9 Å². The lowest BCUT2D eigenvalue weighted by Gasteiger charge is -2.31. The van der Waals surface area contributed by atoms with E-state index in [2.05, 4.69) is 38.5 Å². The first-order valence-electron chi connectivity index (χ1n) is 11.8. The number of benzene rings is 2. The molecule has 7 nitrogen and oxygen atoms in total. The van der Waals surface area contributed by atoms with Gasteiger partial charge in [0.2, 0.25) is 11.4 Å². The number of hydrogen-bond acceptors (Lipinski definition) is 6. The standard InChI is InChI=1S/C26H28N5O2S/c32-34(22-10-11-22)31-16-14-30(15-17-31)24-13-12-23-26(28-24)29-25(27-23)20-6-8-21(9-7-20)33-18-19-4-2-1-3-5-19/h1-9,12-13,22,32H,10-11,14-18H2,(H,27,28,29)/q+1. The van der Waals surface area contributed by atoms with Gasteiger partial charge in [0.25, 0.3) is 0 Å². The van der Waals surface area contributed by atoms with Gasteiger partial charge in [0, 0.05) is 31.5 Å². The normalized spacial score (nSPS) is 17.7. The largest absolute Gasteiger partial charge is 0.489 e. The molecule has 2 N–H and O–H groups in total. The quantitative estimate of drug-likeness (QED) is 0.384. The van der Waals surface area contributed by atoms with Crippen LogP contribution in [0.25, 0.3) is 22.6 Å². The summed E-state index contributed by atoms with van der Waals surface area (Å²) in [6.45, 7) is 4.04. The third-order valence-electron chi connectivity index (χ3n) is 6.36. The number of rotatable bonds is 7. The van der Waals surface area contributed by atoms with Crippen molar-refractivity contribution in [3.63, 3.8) is 0 Å². The first-order chi connectivity index (χ1) is 16.7. The van der Waals surface area contributed by atoms with Crippen LogP contribution in [0.2, 0.25) is 0 Å². The number of fused-ring (bicyclic) bond motifs is 1. The summed E-state index contributed by atoms with van der Waals surface area (Å²) in [5.41, 5.74) is 3.79. The smallest absolute Gasteiger partial charge is 0.240 e. The maximum absolute atomic E-state index is 10.4. The van der Waals surface area contributed by atoms with Crippen molar-refractivity contribution in [2.24, 2.45) is 0 Å². The highest BCUT2D eigenvalue weighted by Gasteiger charge is 2.46. The molecule has 34 heavy (non-hydrogen) atoms. The molecule has 174 valence electrons. The molecule has 1 aliphatic heterocycles. The summed E-state index contributed by atoms with van der Waals surface area (Å²) >= 11 is -0.562. The first kappa shape index (κ1) is 21.5. The number of imidazole rings is 1. The van der Waals surface area contributed by atoms with E-state index in [0.717, 1.165) is 65.9 Å². The Labute approximate surface area is 202 Å². The Morgan fingerprint density at radius 1 is 0.912 bits per heavy atom. The van der Waals surface area contributed by atoms with Gasteiger partial charge in [0.1, 0.15) is 24.0 Å². The molecule has 6 rings (SSSR count). The molecule has 2 fully saturated rings. The molecule has 4 aromatic rings. The van der Waals surface area contributed by atoms with Crippen molar-refractivity contribution in [1.82, 2.24) is 19.3 Å². The van der Waals surface area contributed by atoms with Crippen LogP contribution < -0.4 is 9.64 Å². The second kappa shape index (κ2) is 9.29. The monoisotopic (exact) mass is 474 g/mol. The van der Waals surface area contributed by atoms with E-state index in [0.29, 0.717) is 11.9 Å². The number of aromatic amines is 1. The fourth-order valence-electron chi connectivity index (χ4n) is 4.24. The zero-order valence-electron chi connectivity index (χ0n) is 18.9. The van der Waals surface area contributed by atoms with E-state index in [9.17, 15) is 4.55 Å². The minimum Gasteiger partial charge on any atom is -0.489 e. The second-order valence-electron chi connectivity index (χ2n) is 8.83. The average Bonchev–Trinajstić information content (AvgIpc) is 3.66. The number of piperazine rings is 1. The number of aromatic nitrogens is 3. The number of hydrogen-bond donors (Lipinski definition) is 2. The van der Waals surface area contributed by atoms with Gasteiger partial charge in [-0.3, -0.25) is 0 Å². The van der Waals surface area contributed by atoms with E-state index in [-0.39, 0.29) is 0 Å². The van der Waals surface area contributed by atoms with E-state index in [1.807, 2.05) is 42.5 Å². The van der Waals surface area contributed by atoms with Crippen molar-refractivity contribution >= 4 is 28.3 Å². The number of pyridine rings is 1. The molecule has 1 atom stereocenters. The van der Waals surface area contributed by atoms with Crippen molar-refractivity contribution in [3.8, 4) is 17.1 Å². The second-order valence-corrected chi connectivity index (χ2v) is 10.6. The van der Waals surface area contributed by atoms with Crippen LogP contribution in [0.1, 0.15) is 18.4 Å². The minimum atomic E-state index is -0.562. The predicted molar refractivity (Wildman–Crippen MR) is 137 cm³/mol. The van der Waals surface area contributed by atoms with Crippen molar-refractivity contribution in [2.75, 3.05) is 31.1 Å². The summed E-state index contributed by atoms with van der Waals surface area (Å²) in [4.78, 5) is 15.2. The van der Waals surface area contributed by atoms with Crippen LogP contribution in [-0.2, 0) is 18.0 Å². The van der Waals surface area contributed by atoms with Gasteiger partial charge >= 0.3 is 0 Å². The van der Waals surface area contributed by atoms with Crippen LogP contribution in [0.5, 0.6) is 5.75 Å². The lowest BCUT2D eigenvalue weighted by atomic mass is 10.2. The number of nitrogens with one attached hydrogen (secondary N) is 1. The molecule has 0 radical (unpaired) electrons. The van der Waals surface area contributed by atoms with Gasteiger partial charge < -0.3 is 14.6 Å². The minimum absolute atomic E-state index is 0.507. The zero-order valence-corrected chi connectivity index (χ0v) is 19.7. The van der Waals surface area contributed by atoms with E-state index >= 15 is 0 Å². The Morgan fingerprint density at radius 3 is 2.41 bits per heavy atom. The van der Waals surface area contributed by atoms with E-state index in [4.69, 9.17) is 14.7 Å². The molecule has 0 amide bonds. The SMILES string of the molecule is O[S+](C1CC1)N1CCN(c2ccc3[nH]c(-c4ccc(OCc5ccccc5)cc4)nc3n2)CC1. The fourth-order valence-corrected chi connectivity index (χ4v) is 5.76. The summed E-state index contributed by atoms with van der Waals surface area (Å²) in [7, 11) is 0. The molecule has 8 heteroatoms. The molecule has 2 aromatic carbocycles.